The van der Waals surface area contributed by atoms with Crippen molar-refractivity contribution in [2.75, 3.05) is 13.1 Å². The van der Waals surface area contributed by atoms with Gasteiger partial charge in [0.15, 0.2) is 4.96 Å². The molecule has 1 aromatic carbocycles. The molecule has 4 aromatic rings. The Morgan fingerprint density at radius 3 is 2.55 bits per heavy atom. The first-order chi connectivity index (χ1) is 15.8. The number of aromatic nitrogens is 4. The summed E-state index contributed by atoms with van der Waals surface area (Å²) >= 11 is 1.38. The molecule has 33 heavy (non-hydrogen) atoms. The van der Waals surface area contributed by atoms with Crippen LogP contribution < -0.4 is 5.56 Å². The molecule has 0 saturated carbocycles. The van der Waals surface area contributed by atoms with Crippen molar-refractivity contribution in [2.24, 2.45) is 0 Å². The number of hydrogen-bond acceptors (Lipinski definition) is 5. The monoisotopic (exact) mass is 463 g/mol. The van der Waals surface area contributed by atoms with E-state index in [0.717, 1.165) is 16.9 Å². The molecule has 7 nitrogen and oxygen atoms in total. The highest BCUT2D eigenvalue weighted by atomic mass is 32.1. The van der Waals surface area contributed by atoms with Crippen molar-refractivity contribution in [3.05, 3.63) is 68.2 Å². The summed E-state index contributed by atoms with van der Waals surface area (Å²) in [5, 5.41) is 6.66. The zero-order chi connectivity index (χ0) is 23.9. The van der Waals surface area contributed by atoms with Crippen LogP contribution in [0.25, 0.3) is 21.9 Å². The first kappa shape index (κ1) is 22.9. The molecule has 3 aromatic heterocycles. The third-order valence-electron chi connectivity index (χ3n) is 6.22. The molecule has 172 valence electrons. The number of benzene rings is 1. The van der Waals surface area contributed by atoms with Crippen molar-refractivity contribution < 1.29 is 4.79 Å². The van der Waals surface area contributed by atoms with E-state index in [0.29, 0.717) is 40.7 Å². The number of amides is 1. The largest absolute Gasteiger partial charge is 0.343 e. The van der Waals surface area contributed by atoms with Gasteiger partial charge in [-0.1, -0.05) is 12.1 Å². The molecule has 3 heterocycles. The number of rotatable bonds is 6. The van der Waals surface area contributed by atoms with E-state index in [4.69, 9.17) is 5.10 Å². The Labute approximate surface area is 197 Å². The van der Waals surface area contributed by atoms with Gasteiger partial charge in [0.1, 0.15) is 5.69 Å². The van der Waals surface area contributed by atoms with Crippen LogP contribution >= 0.6 is 11.3 Å². The average Bonchev–Trinajstić information content (AvgIpc) is 3.34. The molecule has 0 saturated heterocycles. The van der Waals surface area contributed by atoms with E-state index < -0.39 is 0 Å². The minimum Gasteiger partial charge on any atom is -0.343 e. The Bertz CT molecular complexity index is 1410. The summed E-state index contributed by atoms with van der Waals surface area (Å²) in [5.74, 6) is 0.00349. The highest BCUT2D eigenvalue weighted by Gasteiger charge is 2.21. The Kier molecular flexibility index (Phi) is 6.21. The van der Waals surface area contributed by atoms with Crippen molar-refractivity contribution in [3.63, 3.8) is 0 Å². The molecule has 0 radical (unpaired) electrons. The lowest BCUT2D eigenvalue weighted by Gasteiger charge is -2.18. The predicted octanol–water partition coefficient (Wildman–Crippen LogP) is 4.25. The minimum atomic E-state index is -0.188. The summed E-state index contributed by atoms with van der Waals surface area (Å²) in [6, 6.07) is 8.04. The second kappa shape index (κ2) is 8.94. The maximum absolute atomic E-state index is 13.7. The van der Waals surface area contributed by atoms with E-state index in [1.54, 1.807) is 9.30 Å². The molecule has 4 rings (SSSR count). The summed E-state index contributed by atoms with van der Waals surface area (Å²) in [5.41, 5.74) is 6.42. The smallest absolute Gasteiger partial charge is 0.268 e. The first-order valence-electron chi connectivity index (χ1n) is 11.2. The molecular formula is C25H29N5O2S. The van der Waals surface area contributed by atoms with Gasteiger partial charge in [-0.25, -0.2) is 9.67 Å². The highest BCUT2D eigenvalue weighted by molar-refractivity contribution is 7.15. The van der Waals surface area contributed by atoms with Gasteiger partial charge in [0.25, 0.3) is 5.56 Å². The van der Waals surface area contributed by atoms with Crippen LogP contribution in [0.2, 0.25) is 0 Å². The number of hydrogen-bond donors (Lipinski definition) is 0. The molecule has 0 spiro atoms. The lowest BCUT2D eigenvalue weighted by atomic mass is 10.1. The van der Waals surface area contributed by atoms with Crippen molar-refractivity contribution in [1.29, 1.82) is 0 Å². The maximum atomic E-state index is 13.7. The molecule has 0 bridgehead atoms. The number of thiazole rings is 1. The standard InChI is InChI=1S/C25H29N5O2S/c1-7-28(8-2)22(31)13-19-14-33-25-26-18(6)23(24(32)29(19)25)20-12-16(4)30(27-20)21-11-9-10-15(3)17(21)5/h9-12,14H,7-8,13H2,1-6H3. The second-order valence-electron chi connectivity index (χ2n) is 8.27. The van der Waals surface area contributed by atoms with Gasteiger partial charge in [0, 0.05) is 29.9 Å². The number of carbonyl (C=O) groups is 1. The van der Waals surface area contributed by atoms with Crippen LogP contribution in [-0.2, 0) is 11.2 Å². The second-order valence-corrected chi connectivity index (χ2v) is 9.10. The van der Waals surface area contributed by atoms with Gasteiger partial charge in [-0.15, -0.1) is 11.3 Å². The molecule has 0 N–H and O–H groups in total. The number of aryl methyl sites for hydroxylation is 3. The van der Waals surface area contributed by atoms with Gasteiger partial charge in [0.05, 0.1) is 23.4 Å². The van der Waals surface area contributed by atoms with Crippen LogP contribution in [0.5, 0.6) is 0 Å². The van der Waals surface area contributed by atoms with Crippen LogP contribution in [0.15, 0.2) is 34.4 Å². The predicted molar refractivity (Wildman–Crippen MR) is 132 cm³/mol. The number of nitrogens with zero attached hydrogens (tertiary/aromatic N) is 5. The van der Waals surface area contributed by atoms with Gasteiger partial charge in [-0.3, -0.25) is 14.0 Å². The topological polar surface area (TPSA) is 72.5 Å². The van der Waals surface area contributed by atoms with Crippen LogP contribution in [0.1, 0.15) is 42.1 Å². The molecule has 0 unspecified atom stereocenters. The van der Waals surface area contributed by atoms with Gasteiger partial charge in [0.2, 0.25) is 5.91 Å². The molecule has 0 aliphatic carbocycles. The van der Waals surface area contributed by atoms with Gasteiger partial charge < -0.3 is 4.90 Å². The zero-order valence-electron chi connectivity index (χ0n) is 20.0. The Morgan fingerprint density at radius 1 is 1.12 bits per heavy atom. The fourth-order valence-electron chi connectivity index (χ4n) is 4.17. The Morgan fingerprint density at radius 2 is 1.85 bits per heavy atom. The number of likely N-dealkylation sites (N-methyl/N-ethyl adjacent to an activating group) is 1. The minimum absolute atomic E-state index is 0.00349. The SMILES string of the molecule is CCN(CC)C(=O)Cc1csc2nc(C)c(-c3cc(C)n(-c4cccc(C)c4C)n3)c(=O)n12. The molecule has 8 heteroatoms. The Balaban J connectivity index is 1.83. The summed E-state index contributed by atoms with van der Waals surface area (Å²) in [6.07, 6.45) is 0.168. The molecule has 1 amide bonds. The van der Waals surface area contributed by atoms with Crippen LogP contribution in [0.3, 0.4) is 0 Å². The van der Waals surface area contributed by atoms with Gasteiger partial charge >= 0.3 is 0 Å². The van der Waals surface area contributed by atoms with Crippen LogP contribution in [0, 0.1) is 27.7 Å². The normalized spacial score (nSPS) is 11.3. The molecular weight excluding hydrogens is 434 g/mol. The van der Waals surface area contributed by atoms with Gasteiger partial charge in [-0.05, 0) is 64.8 Å². The third kappa shape index (κ3) is 3.99. The lowest BCUT2D eigenvalue weighted by Crippen LogP contribution is -2.32. The summed E-state index contributed by atoms with van der Waals surface area (Å²) in [7, 11) is 0. The van der Waals surface area contributed by atoms with E-state index in [2.05, 4.69) is 24.9 Å². The van der Waals surface area contributed by atoms with E-state index in [1.165, 1.54) is 16.9 Å². The fraction of sp³-hybridized carbons (Fsp3) is 0.360. The average molecular weight is 464 g/mol. The quantitative estimate of drug-likeness (QED) is 0.428. The molecule has 0 fully saturated rings. The summed E-state index contributed by atoms with van der Waals surface area (Å²) in [4.78, 5) is 33.4. The fourth-order valence-corrected chi connectivity index (χ4v) is 5.10. The first-order valence-corrected chi connectivity index (χ1v) is 12.1. The van der Waals surface area contributed by atoms with Crippen LogP contribution in [-0.4, -0.2) is 43.1 Å². The highest BCUT2D eigenvalue weighted by Crippen LogP contribution is 2.25. The molecule has 0 aliphatic heterocycles. The molecule has 0 atom stereocenters. The van der Waals surface area contributed by atoms with Crippen molar-refractivity contribution in [1.82, 2.24) is 24.1 Å². The third-order valence-corrected chi connectivity index (χ3v) is 7.09. The maximum Gasteiger partial charge on any atom is 0.268 e. The molecule has 0 aliphatic rings. The Hall–Kier alpha value is -3.26. The van der Waals surface area contributed by atoms with Gasteiger partial charge in [-0.2, -0.15) is 5.10 Å². The van der Waals surface area contributed by atoms with E-state index >= 15 is 0 Å². The summed E-state index contributed by atoms with van der Waals surface area (Å²) < 4.78 is 3.45. The van der Waals surface area contributed by atoms with Crippen molar-refractivity contribution >= 4 is 22.2 Å². The van der Waals surface area contributed by atoms with Crippen molar-refractivity contribution in [3.8, 4) is 16.9 Å². The summed E-state index contributed by atoms with van der Waals surface area (Å²) in [6.45, 7) is 13.2. The zero-order valence-corrected chi connectivity index (χ0v) is 20.8. The van der Waals surface area contributed by atoms with Crippen molar-refractivity contribution in [2.45, 2.75) is 48.0 Å². The van der Waals surface area contributed by atoms with E-state index in [1.807, 2.05) is 56.0 Å². The van der Waals surface area contributed by atoms with E-state index in [9.17, 15) is 9.59 Å². The number of carbonyl (C=O) groups excluding carboxylic acids is 1. The lowest BCUT2D eigenvalue weighted by molar-refractivity contribution is -0.130. The van der Waals surface area contributed by atoms with E-state index in [-0.39, 0.29) is 17.9 Å². The number of fused-ring (bicyclic) bond motifs is 1. The van der Waals surface area contributed by atoms with Crippen LogP contribution in [0.4, 0.5) is 0 Å².